The van der Waals surface area contributed by atoms with Gasteiger partial charge in [0.25, 0.3) is 0 Å². The quantitative estimate of drug-likeness (QED) is 0.437. The number of nitrogens with zero attached hydrogens (tertiary/aromatic N) is 3. The molecule has 7 heteroatoms. The van der Waals surface area contributed by atoms with Gasteiger partial charge in [0.05, 0.1) is 12.4 Å². The molecule has 0 bridgehead atoms. The van der Waals surface area contributed by atoms with Gasteiger partial charge >= 0.3 is 5.97 Å². The van der Waals surface area contributed by atoms with Crippen LogP contribution in [0, 0.1) is 6.92 Å². The first-order valence-electron chi connectivity index (χ1n) is 9.26. The number of esters is 1. The van der Waals surface area contributed by atoms with Crippen molar-refractivity contribution in [3.05, 3.63) is 66.0 Å². The standard InChI is InChI=1S/C21H24N4O2S/c1-3-27-20(26)15-28-21-24-23-19(25(21)18-7-5-4-6-8-18)13-14-22-17-11-9-16(2)10-12-17/h4-12,22H,3,13-15H2,1-2H3. The van der Waals surface area contributed by atoms with Gasteiger partial charge in [-0.05, 0) is 38.1 Å². The average molecular weight is 397 g/mol. The Bertz CT molecular complexity index is 895. The molecule has 0 aliphatic heterocycles. The summed E-state index contributed by atoms with van der Waals surface area (Å²) in [6.45, 7) is 4.98. The molecule has 0 amide bonds. The first-order valence-corrected chi connectivity index (χ1v) is 10.2. The van der Waals surface area contributed by atoms with Gasteiger partial charge in [0.15, 0.2) is 5.16 Å². The highest BCUT2D eigenvalue weighted by Crippen LogP contribution is 2.22. The number of nitrogens with one attached hydrogen (secondary N) is 1. The van der Waals surface area contributed by atoms with E-state index in [0.717, 1.165) is 23.7 Å². The van der Waals surface area contributed by atoms with Crippen LogP contribution in [0.15, 0.2) is 59.8 Å². The summed E-state index contributed by atoms with van der Waals surface area (Å²) in [7, 11) is 0. The Morgan fingerprint density at radius 2 is 1.86 bits per heavy atom. The molecule has 0 saturated heterocycles. The average Bonchev–Trinajstić information content (AvgIpc) is 3.11. The summed E-state index contributed by atoms with van der Waals surface area (Å²) in [5, 5.41) is 12.8. The second kappa shape index (κ2) is 9.94. The lowest BCUT2D eigenvalue weighted by Gasteiger charge is -2.11. The maximum atomic E-state index is 11.7. The van der Waals surface area contributed by atoms with Crippen LogP contribution in [0.3, 0.4) is 0 Å². The predicted octanol–water partition coefficient (Wildman–Crippen LogP) is 3.89. The van der Waals surface area contributed by atoms with E-state index < -0.39 is 0 Å². The number of aryl methyl sites for hydroxylation is 1. The first-order chi connectivity index (χ1) is 13.7. The number of aromatic nitrogens is 3. The van der Waals surface area contributed by atoms with Crippen molar-refractivity contribution in [2.45, 2.75) is 25.4 Å². The molecule has 0 fully saturated rings. The second-order valence-corrected chi connectivity index (χ2v) is 7.15. The molecule has 0 aliphatic rings. The Labute approximate surface area is 169 Å². The Balaban J connectivity index is 1.72. The van der Waals surface area contributed by atoms with Crippen LogP contribution >= 0.6 is 11.8 Å². The zero-order valence-corrected chi connectivity index (χ0v) is 16.9. The zero-order chi connectivity index (χ0) is 19.8. The lowest BCUT2D eigenvalue weighted by atomic mass is 10.2. The van der Waals surface area contributed by atoms with E-state index >= 15 is 0 Å². The number of anilines is 1. The summed E-state index contributed by atoms with van der Waals surface area (Å²) < 4.78 is 7.01. The first kappa shape index (κ1) is 19.9. The van der Waals surface area contributed by atoms with Gasteiger partial charge in [0.2, 0.25) is 0 Å². The molecule has 0 radical (unpaired) electrons. The highest BCUT2D eigenvalue weighted by Gasteiger charge is 2.16. The number of ether oxygens (including phenoxy) is 1. The number of carbonyl (C=O) groups is 1. The molecule has 0 unspecified atom stereocenters. The van der Waals surface area contributed by atoms with E-state index in [0.29, 0.717) is 18.2 Å². The largest absolute Gasteiger partial charge is 0.465 e. The molecule has 0 spiro atoms. The van der Waals surface area contributed by atoms with E-state index in [1.807, 2.05) is 34.9 Å². The minimum absolute atomic E-state index is 0.209. The normalized spacial score (nSPS) is 10.6. The Hall–Kier alpha value is -2.80. The Morgan fingerprint density at radius 3 is 2.57 bits per heavy atom. The second-order valence-electron chi connectivity index (χ2n) is 6.21. The fraction of sp³-hybridized carbons (Fsp3) is 0.286. The van der Waals surface area contributed by atoms with Gasteiger partial charge in [-0.15, -0.1) is 10.2 Å². The summed E-state index contributed by atoms with van der Waals surface area (Å²) in [6.07, 6.45) is 0.704. The van der Waals surface area contributed by atoms with Gasteiger partial charge in [0.1, 0.15) is 5.82 Å². The van der Waals surface area contributed by atoms with Crippen LogP contribution in [-0.2, 0) is 16.0 Å². The van der Waals surface area contributed by atoms with Gasteiger partial charge in [-0.1, -0.05) is 47.7 Å². The van der Waals surface area contributed by atoms with Crippen LogP contribution < -0.4 is 5.32 Å². The number of hydrogen-bond acceptors (Lipinski definition) is 6. The monoisotopic (exact) mass is 396 g/mol. The zero-order valence-electron chi connectivity index (χ0n) is 16.1. The van der Waals surface area contributed by atoms with E-state index in [1.165, 1.54) is 17.3 Å². The Kier molecular flexibility index (Phi) is 7.08. The van der Waals surface area contributed by atoms with Crippen molar-refractivity contribution in [2.75, 3.05) is 24.2 Å². The molecule has 0 atom stereocenters. The number of para-hydroxylation sites is 1. The summed E-state index contributed by atoms with van der Waals surface area (Å²) in [5.41, 5.74) is 3.29. The summed E-state index contributed by atoms with van der Waals surface area (Å²) >= 11 is 1.34. The Morgan fingerprint density at radius 1 is 1.11 bits per heavy atom. The topological polar surface area (TPSA) is 69.0 Å². The van der Waals surface area contributed by atoms with Gasteiger partial charge in [-0.25, -0.2) is 0 Å². The number of hydrogen-bond donors (Lipinski definition) is 1. The van der Waals surface area contributed by atoms with Crippen LogP contribution in [0.5, 0.6) is 0 Å². The molecule has 146 valence electrons. The molecule has 28 heavy (non-hydrogen) atoms. The molecular weight excluding hydrogens is 372 g/mol. The maximum absolute atomic E-state index is 11.7. The van der Waals surface area contributed by atoms with Crippen molar-refractivity contribution in [1.82, 2.24) is 14.8 Å². The SMILES string of the molecule is CCOC(=O)CSc1nnc(CCNc2ccc(C)cc2)n1-c1ccccc1. The van der Waals surface area contributed by atoms with Gasteiger partial charge in [-0.3, -0.25) is 9.36 Å². The van der Waals surface area contributed by atoms with Crippen molar-refractivity contribution >= 4 is 23.4 Å². The third kappa shape index (κ3) is 5.36. The van der Waals surface area contributed by atoms with Crippen molar-refractivity contribution in [2.24, 2.45) is 0 Å². The third-order valence-corrected chi connectivity index (χ3v) is 4.97. The van der Waals surface area contributed by atoms with E-state index in [-0.39, 0.29) is 11.7 Å². The van der Waals surface area contributed by atoms with Gasteiger partial charge in [0, 0.05) is 24.3 Å². The molecule has 0 aliphatic carbocycles. The molecular formula is C21H24N4O2S. The van der Waals surface area contributed by atoms with Crippen LogP contribution in [0.25, 0.3) is 5.69 Å². The molecule has 3 aromatic rings. The minimum Gasteiger partial charge on any atom is -0.465 e. The molecule has 1 heterocycles. The predicted molar refractivity (Wildman–Crippen MR) is 112 cm³/mol. The number of thioether (sulfide) groups is 1. The van der Waals surface area contributed by atoms with Gasteiger partial charge < -0.3 is 10.1 Å². The van der Waals surface area contributed by atoms with Crippen molar-refractivity contribution in [3.8, 4) is 5.69 Å². The summed E-state index contributed by atoms with van der Waals surface area (Å²) in [6, 6.07) is 18.2. The third-order valence-electron chi connectivity index (χ3n) is 4.07. The van der Waals surface area contributed by atoms with Crippen LogP contribution in [-0.4, -0.2) is 39.6 Å². The fourth-order valence-electron chi connectivity index (χ4n) is 2.71. The number of benzene rings is 2. The lowest BCUT2D eigenvalue weighted by molar-refractivity contribution is -0.139. The van der Waals surface area contributed by atoms with Crippen molar-refractivity contribution in [3.63, 3.8) is 0 Å². The fourth-order valence-corrected chi connectivity index (χ4v) is 3.48. The van der Waals surface area contributed by atoms with Gasteiger partial charge in [-0.2, -0.15) is 0 Å². The van der Waals surface area contributed by atoms with Crippen LogP contribution in [0.2, 0.25) is 0 Å². The number of rotatable bonds is 9. The molecule has 1 aromatic heterocycles. The lowest BCUT2D eigenvalue weighted by Crippen LogP contribution is -2.11. The molecule has 0 saturated carbocycles. The molecule has 1 N–H and O–H groups in total. The maximum Gasteiger partial charge on any atom is 0.316 e. The van der Waals surface area contributed by atoms with Crippen molar-refractivity contribution in [1.29, 1.82) is 0 Å². The summed E-state index contributed by atoms with van der Waals surface area (Å²) in [4.78, 5) is 11.7. The highest BCUT2D eigenvalue weighted by atomic mass is 32.2. The van der Waals surface area contributed by atoms with E-state index in [1.54, 1.807) is 6.92 Å². The summed E-state index contributed by atoms with van der Waals surface area (Å²) in [5.74, 6) is 0.801. The smallest absolute Gasteiger partial charge is 0.316 e. The minimum atomic E-state index is -0.252. The van der Waals surface area contributed by atoms with E-state index in [2.05, 4.69) is 46.7 Å². The van der Waals surface area contributed by atoms with Crippen molar-refractivity contribution < 1.29 is 9.53 Å². The van der Waals surface area contributed by atoms with Crippen LogP contribution in [0.4, 0.5) is 5.69 Å². The highest BCUT2D eigenvalue weighted by molar-refractivity contribution is 7.99. The number of carbonyl (C=O) groups excluding carboxylic acids is 1. The van der Waals surface area contributed by atoms with E-state index in [4.69, 9.17) is 4.74 Å². The van der Waals surface area contributed by atoms with E-state index in [9.17, 15) is 4.79 Å². The van der Waals surface area contributed by atoms with Crippen LogP contribution in [0.1, 0.15) is 18.3 Å². The molecule has 6 nitrogen and oxygen atoms in total. The molecule has 2 aromatic carbocycles. The molecule has 3 rings (SSSR count).